The lowest BCUT2D eigenvalue weighted by atomic mass is 9.59. The van der Waals surface area contributed by atoms with Crippen molar-refractivity contribution in [1.82, 2.24) is 0 Å². The number of hydrogen-bond acceptors (Lipinski definition) is 1. The van der Waals surface area contributed by atoms with Gasteiger partial charge in [0, 0.05) is 5.25 Å². The van der Waals surface area contributed by atoms with Crippen molar-refractivity contribution in [3.05, 3.63) is 30.0 Å². The van der Waals surface area contributed by atoms with E-state index in [1.807, 2.05) is 0 Å². The molecule has 28 heavy (non-hydrogen) atoms. The van der Waals surface area contributed by atoms with Gasteiger partial charge in [-0.25, -0.2) is 0 Å². The van der Waals surface area contributed by atoms with Gasteiger partial charge in [-0.2, -0.15) is 11.8 Å². The maximum absolute atomic E-state index is 3.42. The van der Waals surface area contributed by atoms with Crippen LogP contribution in [0.15, 0.2) is 30.0 Å². The summed E-state index contributed by atoms with van der Waals surface area (Å²) in [6.45, 7) is 16.8. The Morgan fingerprint density at radius 3 is 2.39 bits per heavy atom. The van der Waals surface area contributed by atoms with E-state index in [4.69, 9.17) is 0 Å². The zero-order chi connectivity index (χ0) is 21.2. The maximum atomic E-state index is 3.42. The Morgan fingerprint density at radius 1 is 1.11 bits per heavy atom. The molecule has 1 saturated carbocycles. The van der Waals surface area contributed by atoms with Crippen molar-refractivity contribution in [2.24, 2.45) is 35.0 Å². The van der Waals surface area contributed by atoms with Crippen LogP contribution in [-0.4, -0.2) is 11.5 Å². The summed E-state index contributed by atoms with van der Waals surface area (Å²) in [6.07, 6.45) is 20.9. The highest BCUT2D eigenvalue weighted by Gasteiger charge is 2.44. The first-order valence-electron chi connectivity index (χ1n) is 11.9. The van der Waals surface area contributed by atoms with Crippen molar-refractivity contribution in [3.8, 4) is 0 Å². The van der Waals surface area contributed by atoms with Gasteiger partial charge in [0.25, 0.3) is 0 Å². The summed E-state index contributed by atoms with van der Waals surface area (Å²) in [7, 11) is 0. The van der Waals surface area contributed by atoms with Crippen LogP contribution < -0.4 is 0 Å². The molecule has 1 aliphatic rings. The summed E-state index contributed by atoms with van der Waals surface area (Å²) < 4.78 is 0. The largest absolute Gasteiger partial charge is 0.161 e. The van der Waals surface area contributed by atoms with Crippen molar-refractivity contribution in [1.29, 1.82) is 0 Å². The van der Waals surface area contributed by atoms with Crippen LogP contribution in [0.4, 0.5) is 0 Å². The first kappa shape index (κ1) is 25.6. The standard InChI is InChI=1S/C27H48S/c1-9-11-12-13-14-15-16-22(5)17-18-24(10-2)25-20-27(7,21(3)4)19-23(6)26(25)28-8/h14,16-18,21-26H,9-13,19-20H2,1-8H3. The molecule has 1 aliphatic carbocycles. The normalized spacial score (nSPS) is 30.2. The molecule has 0 nitrogen and oxygen atoms in total. The molecule has 162 valence electrons. The second-order valence-corrected chi connectivity index (χ2v) is 10.9. The molecule has 0 amide bonds. The maximum Gasteiger partial charge on any atom is 0.0104 e. The monoisotopic (exact) mass is 404 g/mol. The molecule has 0 aliphatic heterocycles. The quantitative estimate of drug-likeness (QED) is 0.188. The van der Waals surface area contributed by atoms with Gasteiger partial charge in [-0.1, -0.05) is 73.5 Å². The Balaban J connectivity index is 2.82. The smallest absolute Gasteiger partial charge is 0.0104 e. The molecule has 0 aromatic rings. The van der Waals surface area contributed by atoms with E-state index in [9.17, 15) is 0 Å². The first-order valence-corrected chi connectivity index (χ1v) is 13.2. The van der Waals surface area contributed by atoms with Crippen LogP contribution in [0.25, 0.3) is 0 Å². The Morgan fingerprint density at radius 2 is 1.82 bits per heavy atom. The molecule has 1 rings (SSSR count). The van der Waals surface area contributed by atoms with Gasteiger partial charge in [0.1, 0.15) is 0 Å². The van der Waals surface area contributed by atoms with E-state index >= 15 is 0 Å². The lowest BCUT2D eigenvalue weighted by Crippen LogP contribution is -2.44. The fourth-order valence-electron chi connectivity index (χ4n) is 5.04. The zero-order valence-corrected chi connectivity index (χ0v) is 20.9. The van der Waals surface area contributed by atoms with E-state index in [1.54, 1.807) is 0 Å². The van der Waals surface area contributed by atoms with E-state index in [-0.39, 0.29) is 0 Å². The minimum atomic E-state index is 0.474. The first-order chi connectivity index (χ1) is 13.3. The molecule has 1 heteroatoms. The van der Waals surface area contributed by atoms with Gasteiger partial charge in [-0.15, -0.1) is 5.73 Å². The van der Waals surface area contributed by atoms with Crippen LogP contribution in [0.5, 0.6) is 0 Å². The van der Waals surface area contributed by atoms with Crippen LogP contribution in [0.1, 0.15) is 93.4 Å². The van der Waals surface area contributed by atoms with Crippen molar-refractivity contribution < 1.29 is 0 Å². The van der Waals surface area contributed by atoms with Gasteiger partial charge < -0.3 is 0 Å². The van der Waals surface area contributed by atoms with Gasteiger partial charge in [-0.3, -0.25) is 0 Å². The predicted octanol–water partition coefficient (Wildman–Crippen LogP) is 8.94. The zero-order valence-electron chi connectivity index (χ0n) is 20.1. The van der Waals surface area contributed by atoms with Crippen LogP contribution in [0, 0.1) is 35.0 Å². The van der Waals surface area contributed by atoms with E-state index in [1.165, 1.54) is 44.9 Å². The second kappa shape index (κ2) is 13.0. The summed E-state index contributed by atoms with van der Waals surface area (Å²) in [5, 5.41) is 0.797. The topological polar surface area (TPSA) is 0 Å². The van der Waals surface area contributed by atoms with Gasteiger partial charge in [0.05, 0.1) is 0 Å². The molecule has 0 saturated heterocycles. The molecule has 0 spiro atoms. The Hall–Kier alpha value is -0.390. The third-order valence-corrected chi connectivity index (χ3v) is 8.61. The van der Waals surface area contributed by atoms with Crippen LogP contribution in [-0.2, 0) is 0 Å². The molecule has 6 unspecified atom stereocenters. The summed E-state index contributed by atoms with van der Waals surface area (Å²) in [6, 6.07) is 0. The van der Waals surface area contributed by atoms with Crippen LogP contribution in [0.2, 0.25) is 0 Å². The lowest BCUT2D eigenvalue weighted by molar-refractivity contribution is 0.0566. The molecule has 0 heterocycles. The second-order valence-electron chi connectivity index (χ2n) is 9.91. The molecular formula is C27H48S. The Kier molecular flexibility index (Phi) is 11.9. The number of allylic oxidation sites excluding steroid dienone is 3. The predicted molar refractivity (Wildman–Crippen MR) is 131 cm³/mol. The minimum Gasteiger partial charge on any atom is -0.161 e. The molecule has 0 radical (unpaired) electrons. The molecule has 0 bridgehead atoms. The summed E-state index contributed by atoms with van der Waals surface area (Å²) in [5.41, 5.74) is 3.91. The third-order valence-electron chi connectivity index (χ3n) is 7.25. The van der Waals surface area contributed by atoms with Crippen LogP contribution in [0.3, 0.4) is 0 Å². The fourth-order valence-corrected chi connectivity index (χ4v) is 6.25. The Bertz CT molecular complexity index is 510. The fraction of sp³-hybridized carbons (Fsp3) is 0.815. The van der Waals surface area contributed by atoms with Crippen molar-refractivity contribution in [2.45, 2.75) is 98.7 Å². The number of thioether (sulfide) groups is 1. The van der Waals surface area contributed by atoms with Gasteiger partial charge in [0.15, 0.2) is 0 Å². The van der Waals surface area contributed by atoms with Gasteiger partial charge >= 0.3 is 0 Å². The third kappa shape index (κ3) is 7.79. The average molecular weight is 405 g/mol. The Labute approximate surface area is 181 Å². The van der Waals surface area contributed by atoms with E-state index in [0.717, 1.165) is 23.0 Å². The van der Waals surface area contributed by atoms with Crippen LogP contribution >= 0.6 is 11.8 Å². The molecule has 0 N–H and O–H groups in total. The van der Waals surface area contributed by atoms with E-state index < -0.39 is 0 Å². The lowest BCUT2D eigenvalue weighted by Gasteiger charge is -2.50. The van der Waals surface area contributed by atoms with Gasteiger partial charge in [-0.05, 0) is 85.5 Å². The molecule has 0 aromatic heterocycles. The highest BCUT2D eigenvalue weighted by molar-refractivity contribution is 7.99. The van der Waals surface area contributed by atoms with Crippen molar-refractivity contribution >= 4 is 11.8 Å². The van der Waals surface area contributed by atoms with Gasteiger partial charge in [0.2, 0.25) is 0 Å². The highest BCUT2D eigenvalue weighted by Crippen LogP contribution is 2.52. The number of rotatable bonds is 11. The van der Waals surface area contributed by atoms with E-state index in [2.05, 4.69) is 96.5 Å². The molecule has 6 atom stereocenters. The van der Waals surface area contributed by atoms with Crippen molar-refractivity contribution in [3.63, 3.8) is 0 Å². The summed E-state index contributed by atoms with van der Waals surface area (Å²) in [5.74, 6) is 3.55. The summed E-state index contributed by atoms with van der Waals surface area (Å²) in [4.78, 5) is 0. The SMILES string of the molecule is CCCCCC=C=CC(C)C=CC(CC)C1CC(C)(C(C)C)CC(C)C1SC. The molecule has 1 fully saturated rings. The average Bonchev–Trinajstić information content (AvgIpc) is 2.64. The molecule has 0 aromatic carbocycles. The molecular weight excluding hydrogens is 356 g/mol. The summed E-state index contributed by atoms with van der Waals surface area (Å²) >= 11 is 2.12. The number of hydrogen-bond donors (Lipinski definition) is 0. The minimum absolute atomic E-state index is 0.474. The van der Waals surface area contributed by atoms with E-state index in [0.29, 0.717) is 17.3 Å². The number of unbranched alkanes of at least 4 members (excludes halogenated alkanes) is 3. The highest BCUT2D eigenvalue weighted by atomic mass is 32.2. The van der Waals surface area contributed by atoms with Crippen molar-refractivity contribution in [2.75, 3.05) is 6.26 Å².